The zero-order valence-corrected chi connectivity index (χ0v) is 13.7. The number of benzene rings is 2. The summed E-state index contributed by atoms with van der Waals surface area (Å²) in [7, 11) is 0. The number of carbonyl (C=O) groups is 1. The molecule has 2 aromatic rings. The molecule has 0 unspecified atom stereocenters. The third-order valence-electron chi connectivity index (χ3n) is 3.45. The van der Waals surface area contributed by atoms with Gasteiger partial charge in [-0.2, -0.15) is 0 Å². The van der Waals surface area contributed by atoms with Crippen LogP contribution in [0.5, 0.6) is 5.75 Å². The number of halogens is 1. The molecule has 1 amide bonds. The van der Waals surface area contributed by atoms with Gasteiger partial charge in [0, 0.05) is 10.7 Å². The largest absolute Gasteiger partial charge is 0.494 e. The van der Waals surface area contributed by atoms with E-state index in [9.17, 15) is 4.79 Å². The first-order valence-electron chi connectivity index (χ1n) is 7.11. The molecular weight excluding hydrogens is 318 g/mol. The quantitative estimate of drug-likeness (QED) is 0.824. The van der Waals surface area contributed by atoms with E-state index < -0.39 is 0 Å². The minimum absolute atomic E-state index is 0.0114. The van der Waals surface area contributed by atoms with E-state index in [1.807, 2.05) is 60.4 Å². The van der Waals surface area contributed by atoms with Crippen molar-refractivity contribution in [1.82, 2.24) is 0 Å². The molecule has 0 radical (unpaired) electrons. The molecule has 0 saturated carbocycles. The van der Waals surface area contributed by atoms with Gasteiger partial charge >= 0.3 is 0 Å². The van der Waals surface area contributed by atoms with E-state index in [2.05, 4.69) is 0 Å². The topological polar surface area (TPSA) is 29.5 Å². The van der Waals surface area contributed by atoms with Crippen molar-refractivity contribution in [2.24, 2.45) is 0 Å². The summed E-state index contributed by atoms with van der Waals surface area (Å²) in [5.41, 5.74) is 1.97. The van der Waals surface area contributed by atoms with E-state index in [0.29, 0.717) is 17.4 Å². The predicted molar refractivity (Wildman–Crippen MR) is 91.7 cm³/mol. The highest BCUT2D eigenvalue weighted by molar-refractivity contribution is 8.00. The Morgan fingerprint density at radius 1 is 1.18 bits per heavy atom. The summed E-state index contributed by atoms with van der Waals surface area (Å²) in [4.78, 5) is 14.1. The molecule has 2 aromatic carbocycles. The summed E-state index contributed by atoms with van der Waals surface area (Å²) < 4.78 is 5.45. The zero-order valence-electron chi connectivity index (χ0n) is 12.2. The molecule has 3 nitrogen and oxygen atoms in total. The van der Waals surface area contributed by atoms with Crippen molar-refractivity contribution in [3.63, 3.8) is 0 Å². The van der Waals surface area contributed by atoms with Gasteiger partial charge in [-0.3, -0.25) is 9.69 Å². The van der Waals surface area contributed by atoms with E-state index in [-0.39, 0.29) is 11.3 Å². The van der Waals surface area contributed by atoms with Crippen LogP contribution in [-0.2, 0) is 4.79 Å². The second kappa shape index (κ2) is 6.63. The minimum atomic E-state index is -0.0114. The van der Waals surface area contributed by atoms with E-state index in [0.717, 1.165) is 17.0 Å². The monoisotopic (exact) mass is 333 g/mol. The highest BCUT2D eigenvalue weighted by Crippen LogP contribution is 2.42. The Hall–Kier alpha value is -1.65. The number of thioether (sulfide) groups is 1. The number of hydrogen-bond donors (Lipinski definition) is 0. The molecule has 114 valence electrons. The van der Waals surface area contributed by atoms with Gasteiger partial charge < -0.3 is 4.74 Å². The summed E-state index contributed by atoms with van der Waals surface area (Å²) in [6.07, 6.45) is 0. The first-order valence-corrected chi connectivity index (χ1v) is 8.53. The van der Waals surface area contributed by atoms with Crippen LogP contribution in [-0.4, -0.2) is 18.3 Å². The Bertz CT molecular complexity index is 657. The van der Waals surface area contributed by atoms with Crippen LogP contribution in [0.15, 0.2) is 48.5 Å². The Balaban J connectivity index is 1.88. The predicted octanol–water partition coefficient (Wildman–Crippen LogP) is 4.52. The average molecular weight is 334 g/mol. The molecule has 0 aromatic heterocycles. The van der Waals surface area contributed by atoms with Crippen molar-refractivity contribution >= 4 is 35.0 Å². The number of rotatable bonds is 4. The van der Waals surface area contributed by atoms with E-state index in [4.69, 9.17) is 16.3 Å². The van der Waals surface area contributed by atoms with E-state index in [1.165, 1.54) is 0 Å². The van der Waals surface area contributed by atoms with Crippen LogP contribution in [0, 0.1) is 0 Å². The molecule has 1 fully saturated rings. The van der Waals surface area contributed by atoms with Crippen molar-refractivity contribution in [2.75, 3.05) is 17.3 Å². The normalized spacial score (nSPS) is 17.8. The number of anilines is 1. The SMILES string of the molecule is CCOc1ccc(N2C(=O)CS[C@H]2c2ccc(Cl)cc2)cc1. The third-order valence-corrected chi connectivity index (χ3v) is 4.91. The van der Waals surface area contributed by atoms with Gasteiger partial charge in [0.05, 0.1) is 12.4 Å². The molecule has 0 N–H and O–H groups in total. The standard InChI is InChI=1S/C17H16ClNO2S/c1-2-21-15-9-7-14(8-10-15)19-16(20)11-22-17(19)12-3-5-13(18)6-4-12/h3-10,17H,2,11H2,1H3/t17-/m0/s1. The fourth-order valence-electron chi connectivity index (χ4n) is 2.45. The molecule has 1 saturated heterocycles. The second-order valence-electron chi connectivity index (χ2n) is 4.91. The molecule has 3 rings (SSSR count). The van der Waals surface area contributed by atoms with Gasteiger partial charge in [0.2, 0.25) is 5.91 Å². The smallest absolute Gasteiger partial charge is 0.238 e. The highest BCUT2D eigenvalue weighted by Gasteiger charge is 2.33. The molecule has 1 aliphatic rings. The van der Waals surface area contributed by atoms with Crippen LogP contribution in [0.2, 0.25) is 5.02 Å². The number of carbonyl (C=O) groups excluding carboxylic acids is 1. The van der Waals surface area contributed by atoms with Gasteiger partial charge in [-0.1, -0.05) is 23.7 Å². The highest BCUT2D eigenvalue weighted by atomic mass is 35.5. The van der Waals surface area contributed by atoms with Crippen molar-refractivity contribution in [3.05, 3.63) is 59.1 Å². The molecule has 5 heteroatoms. The third kappa shape index (κ3) is 3.08. The maximum Gasteiger partial charge on any atom is 0.238 e. The first-order chi connectivity index (χ1) is 10.7. The van der Waals surface area contributed by atoms with Gasteiger partial charge in [-0.05, 0) is 48.9 Å². The van der Waals surface area contributed by atoms with Crippen LogP contribution in [0.3, 0.4) is 0 Å². The second-order valence-corrected chi connectivity index (χ2v) is 6.41. The Labute approximate surface area is 139 Å². The Kier molecular flexibility index (Phi) is 4.60. The molecule has 22 heavy (non-hydrogen) atoms. The van der Waals surface area contributed by atoms with Gasteiger partial charge in [-0.25, -0.2) is 0 Å². The molecule has 1 atom stereocenters. The van der Waals surface area contributed by atoms with Crippen molar-refractivity contribution in [2.45, 2.75) is 12.3 Å². The summed E-state index contributed by atoms with van der Waals surface area (Å²) >= 11 is 7.58. The molecule has 0 bridgehead atoms. The van der Waals surface area contributed by atoms with Gasteiger partial charge in [0.25, 0.3) is 0 Å². The van der Waals surface area contributed by atoms with Crippen molar-refractivity contribution in [3.8, 4) is 5.75 Å². The lowest BCUT2D eigenvalue weighted by Gasteiger charge is -2.24. The first kappa shape index (κ1) is 15.3. The molecule has 0 spiro atoms. The van der Waals surface area contributed by atoms with Gasteiger partial charge in [0.15, 0.2) is 0 Å². The average Bonchev–Trinajstić information content (AvgIpc) is 2.91. The molecular formula is C17H16ClNO2S. The molecule has 1 heterocycles. The van der Waals surface area contributed by atoms with Crippen molar-refractivity contribution in [1.29, 1.82) is 0 Å². The number of nitrogens with zero attached hydrogens (tertiary/aromatic N) is 1. The van der Waals surface area contributed by atoms with E-state index in [1.54, 1.807) is 11.8 Å². The number of hydrogen-bond acceptors (Lipinski definition) is 3. The summed E-state index contributed by atoms with van der Waals surface area (Å²) in [6.45, 7) is 2.58. The Morgan fingerprint density at radius 2 is 1.86 bits per heavy atom. The van der Waals surface area contributed by atoms with Crippen LogP contribution < -0.4 is 9.64 Å². The molecule has 1 aliphatic heterocycles. The van der Waals surface area contributed by atoms with E-state index >= 15 is 0 Å². The summed E-state index contributed by atoms with van der Waals surface area (Å²) in [5, 5.41) is 0.688. The number of ether oxygens (including phenoxy) is 1. The lowest BCUT2D eigenvalue weighted by molar-refractivity contribution is -0.115. The molecule has 0 aliphatic carbocycles. The number of amides is 1. The van der Waals surface area contributed by atoms with Crippen LogP contribution >= 0.6 is 23.4 Å². The lowest BCUT2D eigenvalue weighted by Crippen LogP contribution is -2.27. The van der Waals surface area contributed by atoms with Gasteiger partial charge in [-0.15, -0.1) is 11.8 Å². The fraction of sp³-hybridized carbons (Fsp3) is 0.235. The lowest BCUT2D eigenvalue weighted by atomic mass is 10.2. The van der Waals surface area contributed by atoms with Crippen molar-refractivity contribution < 1.29 is 9.53 Å². The van der Waals surface area contributed by atoms with Gasteiger partial charge in [0.1, 0.15) is 11.1 Å². The maximum absolute atomic E-state index is 12.3. The Morgan fingerprint density at radius 3 is 2.50 bits per heavy atom. The zero-order chi connectivity index (χ0) is 15.5. The summed E-state index contributed by atoms with van der Waals surface area (Å²) in [6, 6.07) is 15.3. The van der Waals surface area contributed by atoms with Crippen LogP contribution in [0.25, 0.3) is 0 Å². The minimum Gasteiger partial charge on any atom is -0.494 e. The fourth-order valence-corrected chi connectivity index (χ4v) is 3.75. The summed E-state index contributed by atoms with van der Waals surface area (Å²) in [5.74, 6) is 1.42. The maximum atomic E-state index is 12.3. The van der Waals surface area contributed by atoms with Crippen LogP contribution in [0.4, 0.5) is 5.69 Å². The van der Waals surface area contributed by atoms with Crippen LogP contribution in [0.1, 0.15) is 17.9 Å².